The Kier molecular flexibility index (Phi) is 20.1. The van der Waals surface area contributed by atoms with Crippen LogP contribution in [0.5, 0.6) is 0 Å². The van der Waals surface area contributed by atoms with E-state index in [1.54, 1.807) is 6.26 Å². The Balaban J connectivity index is 2.92. The molecule has 0 heterocycles. The lowest BCUT2D eigenvalue weighted by Crippen LogP contribution is -1.87. The van der Waals surface area contributed by atoms with Gasteiger partial charge in [-0.2, -0.15) is 0 Å². The summed E-state index contributed by atoms with van der Waals surface area (Å²) in [6.07, 6.45) is 25.7. The number of hydrogen-bond donors (Lipinski definition) is 0. The standard InChI is InChI=1S/C21H42O/c1-3-5-6-7-8-9-10-11-12-13-14-15-16-17-18-19-20-21-22-4-2/h4H,2-3,5-21H2,1H3. The number of hydrogen-bond acceptors (Lipinski definition) is 1. The molecule has 0 unspecified atom stereocenters. The summed E-state index contributed by atoms with van der Waals surface area (Å²) in [4.78, 5) is 0. The van der Waals surface area contributed by atoms with Crippen LogP contribution in [0.2, 0.25) is 0 Å². The molecule has 0 aromatic rings. The van der Waals surface area contributed by atoms with Gasteiger partial charge in [-0.25, -0.2) is 0 Å². The second-order valence-corrected chi connectivity index (χ2v) is 6.69. The van der Waals surface area contributed by atoms with Crippen LogP contribution in [0.3, 0.4) is 0 Å². The van der Waals surface area contributed by atoms with E-state index in [-0.39, 0.29) is 0 Å². The van der Waals surface area contributed by atoms with Crippen molar-refractivity contribution >= 4 is 0 Å². The fourth-order valence-electron chi connectivity index (χ4n) is 2.99. The molecule has 0 saturated heterocycles. The lowest BCUT2D eigenvalue weighted by molar-refractivity contribution is 0.241. The largest absolute Gasteiger partial charge is 0.502 e. The van der Waals surface area contributed by atoms with Gasteiger partial charge < -0.3 is 4.74 Å². The lowest BCUT2D eigenvalue weighted by atomic mass is 10.0. The molecule has 0 aromatic carbocycles. The predicted molar refractivity (Wildman–Crippen MR) is 100 cm³/mol. The SMILES string of the molecule is C=COCCCCCCCCCCCCCCCCCCC. The molecule has 0 amide bonds. The summed E-state index contributed by atoms with van der Waals surface area (Å²) in [6, 6.07) is 0. The molecule has 0 aromatic heterocycles. The summed E-state index contributed by atoms with van der Waals surface area (Å²) >= 11 is 0. The Morgan fingerprint density at radius 3 is 1.18 bits per heavy atom. The second-order valence-electron chi connectivity index (χ2n) is 6.69. The van der Waals surface area contributed by atoms with E-state index in [0.29, 0.717) is 0 Å². The van der Waals surface area contributed by atoms with Crippen LogP contribution in [-0.4, -0.2) is 6.61 Å². The highest BCUT2D eigenvalue weighted by molar-refractivity contribution is 4.51. The molecule has 0 saturated carbocycles. The first kappa shape index (κ1) is 21.5. The van der Waals surface area contributed by atoms with Crippen molar-refractivity contribution in [3.05, 3.63) is 12.8 Å². The zero-order valence-corrected chi connectivity index (χ0v) is 15.4. The molecule has 0 N–H and O–H groups in total. The van der Waals surface area contributed by atoms with Crippen molar-refractivity contribution < 1.29 is 4.74 Å². The Morgan fingerprint density at radius 1 is 0.545 bits per heavy atom. The molecule has 1 heteroatoms. The van der Waals surface area contributed by atoms with Crippen molar-refractivity contribution in [2.75, 3.05) is 6.61 Å². The molecule has 0 spiro atoms. The topological polar surface area (TPSA) is 9.23 Å². The maximum Gasteiger partial charge on any atom is 0.0873 e. The third-order valence-corrected chi connectivity index (χ3v) is 4.48. The summed E-state index contributed by atoms with van der Waals surface area (Å²) < 4.78 is 5.12. The van der Waals surface area contributed by atoms with Crippen LogP contribution in [0.4, 0.5) is 0 Å². The van der Waals surface area contributed by atoms with E-state index in [1.165, 1.54) is 109 Å². The summed E-state index contributed by atoms with van der Waals surface area (Å²) in [5.74, 6) is 0. The second kappa shape index (κ2) is 20.5. The molecule has 0 fully saturated rings. The van der Waals surface area contributed by atoms with Crippen molar-refractivity contribution in [2.24, 2.45) is 0 Å². The van der Waals surface area contributed by atoms with Crippen molar-refractivity contribution in [2.45, 2.75) is 116 Å². The van der Waals surface area contributed by atoms with Crippen molar-refractivity contribution in [1.29, 1.82) is 0 Å². The minimum absolute atomic E-state index is 0.849. The van der Waals surface area contributed by atoms with Crippen LogP contribution in [0.1, 0.15) is 116 Å². The summed E-state index contributed by atoms with van der Waals surface area (Å²) in [7, 11) is 0. The van der Waals surface area contributed by atoms with Gasteiger partial charge in [0.15, 0.2) is 0 Å². The average Bonchev–Trinajstić information content (AvgIpc) is 2.54. The van der Waals surface area contributed by atoms with Gasteiger partial charge >= 0.3 is 0 Å². The van der Waals surface area contributed by atoms with Gasteiger partial charge in [0, 0.05) is 0 Å². The highest BCUT2D eigenvalue weighted by Crippen LogP contribution is 2.13. The molecular weight excluding hydrogens is 268 g/mol. The van der Waals surface area contributed by atoms with Crippen LogP contribution in [0.15, 0.2) is 12.8 Å². The van der Waals surface area contributed by atoms with Gasteiger partial charge in [-0.15, -0.1) is 0 Å². The van der Waals surface area contributed by atoms with Crippen LogP contribution in [-0.2, 0) is 4.74 Å². The predicted octanol–water partition coefficient (Wildman–Crippen LogP) is 7.80. The van der Waals surface area contributed by atoms with Crippen molar-refractivity contribution in [3.63, 3.8) is 0 Å². The first-order valence-corrected chi connectivity index (χ1v) is 10.1. The molecule has 132 valence electrons. The zero-order valence-electron chi connectivity index (χ0n) is 15.4. The van der Waals surface area contributed by atoms with Gasteiger partial charge in [0.1, 0.15) is 0 Å². The van der Waals surface area contributed by atoms with E-state index in [9.17, 15) is 0 Å². The normalized spacial score (nSPS) is 10.8. The third-order valence-electron chi connectivity index (χ3n) is 4.48. The highest BCUT2D eigenvalue weighted by Gasteiger charge is 1.94. The van der Waals surface area contributed by atoms with Gasteiger partial charge in [-0.3, -0.25) is 0 Å². The van der Waals surface area contributed by atoms with Gasteiger partial charge in [-0.05, 0) is 6.42 Å². The van der Waals surface area contributed by atoms with Crippen LogP contribution >= 0.6 is 0 Å². The summed E-state index contributed by atoms with van der Waals surface area (Å²) in [5, 5.41) is 0. The van der Waals surface area contributed by atoms with E-state index in [4.69, 9.17) is 4.74 Å². The van der Waals surface area contributed by atoms with Gasteiger partial charge in [0.25, 0.3) is 0 Å². The van der Waals surface area contributed by atoms with E-state index in [1.807, 2.05) is 0 Å². The minimum atomic E-state index is 0.849. The Bertz CT molecular complexity index is 200. The maximum absolute atomic E-state index is 5.12. The molecule has 0 bridgehead atoms. The first-order valence-electron chi connectivity index (χ1n) is 10.1. The van der Waals surface area contributed by atoms with Gasteiger partial charge in [0.05, 0.1) is 12.9 Å². The molecule has 0 atom stereocenters. The van der Waals surface area contributed by atoms with Gasteiger partial charge in [0.2, 0.25) is 0 Å². The highest BCUT2D eigenvalue weighted by atomic mass is 16.5. The molecular formula is C21H42O. The van der Waals surface area contributed by atoms with Crippen LogP contribution < -0.4 is 0 Å². The van der Waals surface area contributed by atoms with Crippen molar-refractivity contribution in [3.8, 4) is 0 Å². The molecule has 0 aliphatic rings. The molecule has 22 heavy (non-hydrogen) atoms. The Labute approximate surface area is 140 Å². The fraction of sp³-hybridized carbons (Fsp3) is 0.905. The minimum Gasteiger partial charge on any atom is -0.502 e. The monoisotopic (exact) mass is 310 g/mol. The fourth-order valence-corrected chi connectivity index (χ4v) is 2.99. The Hall–Kier alpha value is -0.460. The lowest BCUT2D eigenvalue weighted by Gasteiger charge is -2.03. The van der Waals surface area contributed by atoms with E-state index >= 15 is 0 Å². The number of ether oxygens (including phenoxy) is 1. The van der Waals surface area contributed by atoms with Gasteiger partial charge in [-0.1, -0.05) is 116 Å². The van der Waals surface area contributed by atoms with E-state index < -0.39 is 0 Å². The van der Waals surface area contributed by atoms with E-state index in [2.05, 4.69) is 13.5 Å². The number of unbranched alkanes of at least 4 members (excludes halogenated alkanes) is 16. The molecule has 0 aliphatic heterocycles. The van der Waals surface area contributed by atoms with Crippen LogP contribution in [0, 0.1) is 0 Å². The zero-order chi connectivity index (χ0) is 16.1. The molecule has 0 aliphatic carbocycles. The van der Waals surface area contributed by atoms with E-state index in [0.717, 1.165) is 6.61 Å². The van der Waals surface area contributed by atoms with Crippen LogP contribution in [0.25, 0.3) is 0 Å². The molecule has 0 radical (unpaired) electrons. The smallest absolute Gasteiger partial charge is 0.0873 e. The average molecular weight is 311 g/mol. The summed E-state index contributed by atoms with van der Waals surface area (Å²) in [5.41, 5.74) is 0. The molecule has 0 rings (SSSR count). The number of rotatable bonds is 19. The Morgan fingerprint density at radius 2 is 0.864 bits per heavy atom. The summed E-state index contributed by atoms with van der Waals surface area (Å²) in [6.45, 7) is 6.69. The molecule has 1 nitrogen and oxygen atoms in total. The quantitative estimate of drug-likeness (QED) is 0.175. The third kappa shape index (κ3) is 19.5. The van der Waals surface area contributed by atoms with Crippen molar-refractivity contribution in [1.82, 2.24) is 0 Å². The maximum atomic E-state index is 5.12. The first-order chi connectivity index (χ1) is 10.9.